The van der Waals surface area contributed by atoms with Gasteiger partial charge in [0.1, 0.15) is 11.5 Å². The lowest BCUT2D eigenvalue weighted by molar-refractivity contribution is 0.0696. The van der Waals surface area contributed by atoms with Gasteiger partial charge in [0.25, 0.3) is 5.56 Å². The van der Waals surface area contributed by atoms with Crippen molar-refractivity contribution in [3.8, 4) is 17.2 Å². The minimum absolute atomic E-state index is 0.100. The summed E-state index contributed by atoms with van der Waals surface area (Å²) < 4.78 is 2.61. The molecule has 2 aromatic heterocycles. The highest BCUT2D eigenvalue weighted by Gasteiger charge is 2.18. The summed E-state index contributed by atoms with van der Waals surface area (Å²) in [6, 6.07) is 9.40. The number of carboxylic acid groups (broad SMARTS) is 1. The van der Waals surface area contributed by atoms with Crippen molar-refractivity contribution in [2.24, 2.45) is 7.05 Å². The van der Waals surface area contributed by atoms with E-state index in [1.165, 1.54) is 34.6 Å². The molecule has 8 nitrogen and oxygen atoms in total. The summed E-state index contributed by atoms with van der Waals surface area (Å²) in [6.45, 7) is 1.70. The molecule has 0 amide bonds. The van der Waals surface area contributed by atoms with Gasteiger partial charge in [-0.05, 0) is 25.1 Å². The molecule has 0 aliphatic rings. The fourth-order valence-electron chi connectivity index (χ4n) is 2.21. The molecule has 0 bridgehead atoms. The van der Waals surface area contributed by atoms with Crippen molar-refractivity contribution in [1.29, 1.82) is 0 Å². The molecule has 116 valence electrons. The smallest absolute Gasteiger partial charge is 0.337 e. The maximum absolute atomic E-state index is 11.5. The van der Waals surface area contributed by atoms with E-state index in [4.69, 9.17) is 0 Å². The summed E-state index contributed by atoms with van der Waals surface area (Å²) in [5.41, 5.74) is 0.657. The molecule has 0 aliphatic carbocycles. The Hall–Kier alpha value is -3.29. The van der Waals surface area contributed by atoms with Crippen LogP contribution in [0.2, 0.25) is 0 Å². The number of para-hydroxylation sites is 1. The van der Waals surface area contributed by atoms with Crippen LogP contribution in [0, 0.1) is 6.92 Å². The molecular weight excluding hydrogens is 298 g/mol. The first-order chi connectivity index (χ1) is 11.0. The van der Waals surface area contributed by atoms with Crippen LogP contribution in [0.1, 0.15) is 16.2 Å². The van der Waals surface area contributed by atoms with E-state index in [1.54, 1.807) is 25.1 Å². The number of benzene rings is 1. The van der Waals surface area contributed by atoms with Gasteiger partial charge >= 0.3 is 5.97 Å². The Bertz CT molecular complexity index is 958. The van der Waals surface area contributed by atoms with E-state index in [9.17, 15) is 14.7 Å². The summed E-state index contributed by atoms with van der Waals surface area (Å²) in [5.74, 6) is -0.226. The van der Waals surface area contributed by atoms with Crippen LogP contribution in [-0.4, -0.2) is 35.6 Å². The highest BCUT2D eigenvalue weighted by Crippen LogP contribution is 2.21. The van der Waals surface area contributed by atoms with Gasteiger partial charge in [-0.15, -0.1) is 0 Å². The van der Waals surface area contributed by atoms with Gasteiger partial charge in [-0.2, -0.15) is 10.2 Å². The third-order valence-electron chi connectivity index (χ3n) is 3.27. The maximum atomic E-state index is 11.5. The first-order valence-corrected chi connectivity index (χ1v) is 6.78. The van der Waals surface area contributed by atoms with Gasteiger partial charge in [0.05, 0.1) is 11.3 Å². The third-order valence-corrected chi connectivity index (χ3v) is 3.27. The molecule has 3 rings (SSSR count). The van der Waals surface area contributed by atoms with Crippen LogP contribution in [0.25, 0.3) is 17.2 Å². The molecular formula is C15H13N5O3. The number of hydrogen-bond acceptors (Lipinski definition) is 5. The number of aryl methyl sites for hydroxylation is 2. The lowest BCUT2D eigenvalue weighted by Crippen LogP contribution is -2.19. The van der Waals surface area contributed by atoms with Crippen LogP contribution in [0.4, 0.5) is 0 Å². The van der Waals surface area contributed by atoms with Crippen molar-refractivity contribution in [3.05, 3.63) is 58.1 Å². The minimum Gasteiger partial charge on any atom is -0.478 e. The molecule has 0 atom stereocenters. The van der Waals surface area contributed by atoms with Crippen LogP contribution >= 0.6 is 0 Å². The number of carbonyl (C=O) groups is 1. The predicted molar refractivity (Wildman–Crippen MR) is 81.5 cm³/mol. The second-order valence-electron chi connectivity index (χ2n) is 4.90. The predicted octanol–water partition coefficient (Wildman–Crippen LogP) is 1.03. The van der Waals surface area contributed by atoms with Gasteiger partial charge < -0.3 is 5.11 Å². The molecule has 0 radical (unpaired) electrons. The summed E-state index contributed by atoms with van der Waals surface area (Å²) >= 11 is 0. The Labute approximate surface area is 130 Å². The molecule has 0 saturated carbocycles. The number of aromatic nitrogens is 5. The van der Waals surface area contributed by atoms with Crippen LogP contribution in [0.5, 0.6) is 0 Å². The first kappa shape index (κ1) is 14.6. The molecule has 3 aromatic rings. The zero-order chi connectivity index (χ0) is 16.6. The standard InChI is InChI=1S/C15H13N5O3/c1-9-16-14(11-7-8-13(21)19(2)18-11)20(17-9)12-6-4-3-5-10(12)15(22)23/h3-8H,1-2H3,(H,22,23). The molecule has 2 heterocycles. The van der Waals surface area contributed by atoms with Gasteiger partial charge in [-0.3, -0.25) is 4.79 Å². The Balaban J connectivity index is 2.25. The molecule has 1 N–H and O–H groups in total. The third kappa shape index (κ3) is 2.61. The Morgan fingerprint density at radius 3 is 2.57 bits per heavy atom. The Morgan fingerprint density at radius 1 is 1.13 bits per heavy atom. The number of hydrogen-bond donors (Lipinski definition) is 1. The molecule has 1 aromatic carbocycles. The molecule has 8 heteroatoms. The minimum atomic E-state index is -1.06. The SMILES string of the molecule is Cc1nc(-c2ccc(=O)n(C)n2)n(-c2ccccc2C(=O)O)n1. The lowest BCUT2D eigenvalue weighted by atomic mass is 10.2. The van der Waals surface area contributed by atoms with Crippen molar-refractivity contribution in [1.82, 2.24) is 24.5 Å². The van der Waals surface area contributed by atoms with E-state index in [2.05, 4.69) is 15.2 Å². The number of carboxylic acids is 1. The van der Waals surface area contributed by atoms with E-state index in [0.717, 1.165) is 0 Å². The highest BCUT2D eigenvalue weighted by molar-refractivity contribution is 5.92. The van der Waals surface area contributed by atoms with Crippen molar-refractivity contribution >= 4 is 5.97 Å². The lowest BCUT2D eigenvalue weighted by Gasteiger charge is -2.08. The van der Waals surface area contributed by atoms with Crippen LogP contribution < -0.4 is 5.56 Å². The number of aromatic carboxylic acids is 1. The second-order valence-corrected chi connectivity index (χ2v) is 4.90. The Morgan fingerprint density at radius 2 is 1.87 bits per heavy atom. The van der Waals surface area contributed by atoms with E-state index >= 15 is 0 Å². The molecule has 0 unspecified atom stereocenters. The zero-order valence-corrected chi connectivity index (χ0v) is 12.5. The zero-order valence-electron chi connectivity index (χ0n) is 12.5. The first-order valence-electron chi connectivity index (χ1n) is 6.78. The molecule has 0 aliphatic heterocycles. The summed E-state index contributed by atoms with van der Waals surface area (Å²) in [6.07, 6.45) is 0. The average molecular weight is 311 g/mol. The number of nitrogens with zero attached hydrogens (tertiary/aromatic N) is 5. The van der Waals surface area contributed by atoms with Crippen LogP contribution in [-0.2, 0) is 7.05 Å². The quantitative estimate of drug-likeness (QED) is 0.775. The highest BCUT2D eigenvalue weighted by atomic mass is 16.4. The van der Waals surface area contributed by atoms with E-state index < -0.39 is 5.97 Å². The molecule has 0 saturated heterocycles. The van der Waals surface area contributed by atoms with Crippen molar-refractivity contribution < 1.29 is 9.90 Å². The molecule has 23 heavy (non-hydrogen) atoms. The monoisotopic (exact) mass is 311 g/mol. The fourth-order valence-corrected chi connectivity index (χ4v) is 2.21. The van der Waals surface area contributed by atoms with Gasteiger partial charge in [-0.25, -0.2) is 19.1 Å². The second kappa shape index (κ2) is 5.48. The molecule has 0 fully saturated rings. The van der Waals surface area contributed by atoms with E-state index in [1.807, 2.05) is 0 Å². The summed E-state index contributed by atoms with van der Waals surface area (Å²) in [4.78, 5) is 27.2. The van der Waals surface area contributed by atoms with Crippen molar-refractivity contribution in [3.63, 3.8) is 0 Å². The van der Waals surface area contributed by atoms with Crippen LogP contribution in [0.3, 0.4) is 0 Å². The van der Waals surface area contributed by atoms with Crippen molar-refractivity contribution in [2.75, 3.05) is 0 Å². The number of rotatable bonds is 3. The van der Waals surface area contributed by atoms with Gasteiger partial charge in [0.15, 0.2) is 5.82 Å². The van der Waals surface area contributed by atoms with Gasteiger partial charge in [-0.1, -0.05) is 12.1 Å². The van der Waals surface area contributed by atoms with E-state index in [-0.39, 0.29) is 11.1 Å². The Kier molecular flexibility index (Phi) is 3.49. The van der Waals surface area contributed by atoms with Crippen molar-refractivity contribution in [2.45, 2.75) is 6.92 Å². The topological polar surface area (TPSA) is 103 Å². The van der Waals surface area contributed by atoms with Gasteiger partial charge in [0, 0.05) is 13.1 Å². The summed E-state index contributed by atoms with van der Waals surface area (Å²) in [7, 11) is 1.53. The van der Waals surface area contributed by atoms with Gasteiger partial charge in [0.2, 0.25) is 0 Å². The molecule has 0 spiro atoms. The maximum Gasteiger partial charge on any atom is 0.337 e. The van der Waals surface area contributed by atoms with Crippen LogP contribution in [0.15, 0.2) is 41.2 Å². The normalized spacial score (nSPS) is 10.7. The average Bonchev–Trinajstić information content (AvgIpc) is 2.92. The fraction of sp³-hybridized carbons (Fsp3) is 0.133. The summed E-state index contributed by atoms with van der Waals surface area (Å²) in [5, 5.41) is 17.8. The largest absolute Gasteiger partial charge is 0.478 e. The van der Waals surface area contributed by atoms with E-state index in [0.29, 0.717) is 23.0 Å².